The Balaban J connectivity index is 2.19. The van der Waals surface area contributed by atoms with Crippen molar-refractivity contribution in [1.82, 2.24) is 4.31 Å². The number of carbonyl (C=O) groups is 1. The summed E-state index contributed by atoms with van der Waals surface area (Å²) in [6.07, 6.45) is 1.39. The molecule has 1 N–H and O–H groups in total. The number of rotatable bonds is 7. The van der Waals surface area contributed by atoms with Gasteiger partial charge in [-0.15, -0.1) is 0 Å². The van der Waals surface area contributed by atoms with Gasteiger partial charge in [-0.25, -0.2) is 13.2 Å². The van der Waals surface area contributed by atoms with Gasteiger partial charge in [-0.3, -0.25) is 4.79 Å². The summed E-state index contributed by atoms with van der Waals surface area (Å²) in [6, 6.07) is 8.16. The molecule has 0 fully saturated rings. The van der Waals surface area contributed by atoms with Crippen molar-refractivity contribution in [2.45, 2.75) is 31.6 Å². The van der Waals surface area contributed by atoms with E-state index in [1.54, 1.807) is 0 Å². The van der Waals surface area contributed by atoms with Crippen molar-refractivity contribution >= 4 is 37.9 Å². The van der Waals surface area contributed by atoms with Gasteiger partial charge in [0.15, 0.2) is 0 Å². The van der Waals surface area contributed by atoms with Gasteiger partial charge in [0.1, 0.15) is 11.2 Å². The standard InChI is InChI=1S/C20H21NO6S/c1-3-9-21(10-4-2)28(25,26)14-6-7-15-18(12-14)27-17-8-5-13(20(23)24)11-16(17)19(15)22/h5-8,11-12H,3-4,9-10H2,1-2H3,(H,23,24). The molecule has 0 unspecified atom stereocenters. The van der Waals surface area contributed by atoms with E-state index in [0.717, 1.165) is 0 Å². The highest BCUT2D eigenvalue weighted by molar-refractivity contribution is 7.89. The maximum absolute atomic E-state index is 13.0. The summed E-state index contributed by atoms with van der Waals surface area (Å²) >= 11 is 0. The van der Waals surface area contributed by atoms with Crippen LogP contribution in [0, 0.1) is 0 Å². The van der Waals surface area contributed by atoms with Crippen LogP contribution in [0.15, 0.2) is 50.5 Å². The first-order valence-corrected chi connectivity index (χ1v) is 10.5. The fourth-order valence-electron chi connectivity index (χ4n) is 3.13. The van der Waals surface area contributed by atoms with Crippen LogP contribution in [0.4, 0.5) is 0 Å². The molecule has 2 aromatic carbocycles. The first-order chi connectivity index (χ1) is 13.3. The second-order valence-corrected chi connectivity index (χ2v) is 8.45. The molecule has 0 bridgehead atoms. The molecule has 0 aliphatic carbocycles. The van der Waals surface area contributed by atoms with E-state index < -0.39 is 21.4 Å². The third-order valence-electron chi connectivity index (χ3n) is 4.47. The Kier molecular flexibility index (Phi) is 5.53. The Bertz CT molecular complexity index is 1210. The Morgan fingerprint density at radius 1 is 1.00 bits per heavy atom. The average molecular weight is 403 g/mol. The Morgan fingerprint density at radius 2 is 1.68 bits per heavy atom. The van der Waals surface area contributed by atoms with Crippen molar-refractivity contribution in [2.75, 3.05) is 13.1 Å². The SMILES string of the molecule is CCCN(CCC)S(=O)(=O)c1ccc2c(=O)c3cc(C(=O)O)ccc3oc2c1. The van der Waals surface area contributed by atoms with Gasteiger partial charge in [-0.2, -0.15) is 4.31 Å². The molecule has 0 spiro atoms. The Labute approximate surface area is 162 Å². The van der Waals surface area contributed by atoms with Gasteiger partial charge in [0, 0.05) is 19.2 Å². The van der Waals surface area contributed by atoms with Crippen LogP contribution in [0.25, 0.3) is 21.9 Å². The zero-order valence-corrected chi connectivity index (χ0v) is 16.5. The van der Waals surface area contributed by atoms with E-state index in [4.69, 9.17) is 9.52 Å². The van der Waals surface area contributed by atoms with Crippen LogP contribution in [-0.2, 0) is 10.0 Å². The Morgan fingerprint density at radius 3 is 2.29 bits per heavy atom. The molecule has 7 nitrogen and oxygen atoms in total. The number of carboxylic acid groups (broad SMARTS) is 1. The van der Waals surface area contributed by atoms with Crippen LogP contribution in [-0.4, -0.2) is 36.9 Å². The molecule has 1 aromatic heterocycles. The number of aromatic carboxylic acids is 1. The largest absolute Gasteiger partial charge is 0.478 e. The van der Waals surface area contributed by atoms with Gasteiger partial charge in [0.2, 0.25) is 15.5 Å². The van der Waals surface area contributed by atoms with Gasteiger partial charge in [0.25, 0.3) is 0 Å². The van der Waals surface area contributed by atoms with Crippen molar-refractivity contribution in [2.24, 2.45) is 0 Å². The van der Waals surface area contributed by atoms with E-state index in [-0.39, 0.29) is 32.4 Å². The minimum atomic E-state index is -3.71. The highest BCUT2D eigenvalue weighted by Crippen LogP contribution is 2.24. The summed E-state index contributed by atoms with van der Waals surface area (Å²) in [5, 5.41) is 9.45. The van der Waals surface area contributed by atoms with Gasteiger partial charge >= 0.3 is 5.97 Å². The van der Waals surface area contributed by atoms with Crippen molar-refractivity contribution in [3.8, 4) is 0 Å². The van der Waals surface area contributed by atoms with Crippen LogP contribution < -0.4 is 5.43 Å². The van der Waals surface area contributed by atoms with Gasteiger partial charge in [-0.05, 0) is 43.2 Å². The molecule has 28 heavy (non-hydrogen) atoms. The molecule has 3 aromatic rings. The highest BCUT2D eigenvalue weighted by Gasteiger charge is 2.24. The van der Waals surface area contributed by atoms with E-state index in [1.165, 1.54) is 40.7 Å². The van der Waals surface area contributed by atoms with E-state index in [2.05, 4.69) is 0 Å². The van der Waals surface area contributed by atoms with Gasteiger partial charge in [-0.1, -0.05) is 13.8 Å². The quantitative estimate of drug-likeness (QED) is 0.606. The predicted molar refractivity (Wildman–Crippen MR) is 106 cm³/mol. The maximum Gasteiger partial charge on any atom is 0.335 e. The van der Waals surface area contributed by atoms with Gasteiger partial charge < -0.3 is 9.52 Å². The smallest absolute Gasteiger partial charge is 0.335 e. The summed E-state index contributed by atoms with van der Waals surface area (Å²) in [6.45, 7) is 4.64. The minimum Gasteiger partial charge on any atom is -0.478 e. The Hall–Kier alpha value is -2.71. The van der Waals surface area contributed by atoms with Crippen molar-refractivity contribution in [3.05, 3.63) is 52.2 Å². The monoisotopic (exact) mass is 403 g/mol. The van der Waals surface area contributed by atoms with Crippen LogP contribution in [0.1, 0.15) is 37.0 Å². The van der Waals surface area contributed by atoms with Crippen LogP contribution >= 0.6 is 0 Å². The van der Waals surface area contributed by atoms with Crippen molar-refractivity contribution in [1.29, 1.82) is 0 Å². The number of hydrogen-bond donors (Lipinski definition) is 1. The second kappa shape index (κ2) is 7.73. The van der Waals surface area contributed by atoms with Gasteiger partial charge in [0.05, 0.1) is 21.2 Å². The number of benzene rings is 2. The first kappa shape index (κ1) is 20.0. The summed E-state index contributed by atoms with van der Waals surface area (Å²) in [4.78, 5) is 24.0. The molecule has 0 aliphatic heterocycles. The number of fused-ring (bicyclic) bond motifs is 2. The lowest BCUT2D eigenvalue weighted by atomic mass is 10.1. The lowest BCUT2D eigenvalue weighted by Crippen LogP contribution is -2.32. The average Bonchev–Trinajstić information content (AvgIpc) is 2.67. The number of nitrogens with zero attached hydrogens (tertiary/aromatic N) is 1. The third kappa shape index (κ3) is 3.53. The van der Waals surface area contributed by atoms with Crippen molar-refractivity contribution in [3.63, 3.8) is 0 Å². The lowest BCUT2D eigenvalue weighted by molar-refractivity contribution is 0.0697. The number of carboxylic acids is 1. The molecule has 1 heterocycles. The normalized spacial score (nSPS) is 12.1. The van der Waals surface area contributed by atoms with Crippen LogP contribution in [0.2, 0.25) is 0 Å². The third-order valence-corrected chi connectivity index (χ3v) is 6.37. The summed E-state index contributed by atoms with van der Waals surface area (Å²) in [7, 11) is -3.71. The topological polar surface area (TPSA) is 105 Å². The zero-order chi connectivity index (χ0) is 20.5. The predicted octanol–water partition coefficient (Wildman–Crippen LogP) is 3.46. The molecule has 0 radical (unpaired) electrons. The maximum atomic E-state index is 13.0. The second-order valence-electron chi connectivity index (χ2n) is 6.51. The van der Waals surface area contributed by atoms with Crippen LogP contribution in [0.3, 0.4) is 0 Å². The summed E-state index contributed by atoms with van der Waals surface area (Å²) in [5.74, 6) is -1.14. The van der Waals surface area contributed by atoms with E-state index in [9.17, 15) is 18.0 Å². The molecular formula is C20H21NO6S. The molecule has 148 valence electrons. The van der Waals surface area contributed by atoms with Crippen LogP contribution in [0.5, 0.6) is 0 Å². The molecule has 0 amide bonds. The lowest BCUT2D eigenvalue weighted by Gasteiger charge is -2.21. The fourth-order valence-corrected chi connectivity index (χ4v) is 4.77. The summed E-state index contributed by atoms with van der Waals surface area (Å²) < 4.78 is 33.1. The number of sulfonamides is 1. The number of hydrogen-bond acceptors (Lipinski definition) is 5. The molecule has 0 saturated carbocycles. The van der Waals surface area contributed by atoms with E-state index in [0.29, 0.717) is 25.9 Å². The molecule has 0 atom stereocenters. The fraction of sp³-hybridized carbons (Fsp3) is 0.300. The first-order valence-electron chi connectivity index (χ1n) is 9.03. The molecular weight excluding hydrogens is 382 g/mol. The van der Waals surface area contributed by atoms with Crippen molar-refractivity contribution < 1.29 is 22.7 Å². The molecule has 3 rings (SSSR count). The van der Waals surface area contributed by atoms with E-state index in [1.807, 2.05) is 13.8 Å². The zero-order valence-electron chi connectivity index (χ0n) is 15.6. The molecule has 8 heteroatoms. The molecule has 0 aliphatic rings. The molecule has 0 saturated heterocycles. The minimum absolute atomic E-state index is 0.0203. The van der Waals surface area contributed by atoms with E-state index >= 15 is 0 Å². The summed E-state index contributed by atoms with van der Waals surface area (Å²) in [5.41, 5.74) is -0.0685. The highest BCUT2D eigenvalue weighted by atomic mass is 32.2.